The summed E-state index contributed by atoms with van der Waals surface area (Å²) in [5.74, 6) is -0.781. The Balaban J connectivity index is 1.91. The van der Waals surface area contributed by atoms with Gasteiger partial charge < -0.3 is 15.3 Å². The Kier molecular flexibility index (Phi) is 5.21. The quantitative estimate of drug-likeness (QED) is 0.791. The van der Waals surface area contributed by atoms with Gasteiger partial charge >= 0.3 is 5.97 Å². The number of carboxylic acid groups (broad SMARTS) is 1. The number of rotatable bonds is 6. The second-order valence-electron chi connectivity index (χ2n) is 4.72. The fourth-order valence-corrected chi connectivity index (χ4v) is 2.91. The standard InChI is InChI=1S/C14H16N2O4S/c17-12(7-16-9-21-8-13(16)18)15-11(14(19)20)6-10-4-2-1-3-5-10/h1-5,11H,6-9H2,(H,15,17)(H,19,20)/t11-/m0/s1. The lowest BCUT2D eigenvalue weighted by Gasteiger charge is -2.18. The minimum Gasteiger partial charge on any atom is -0.480 e. The van der Waals surface area contributed by atoms with E-state index in [4.69, 9.17) is 0 Å². The molecular weight excluding hydrogens is 292 g/mol. The molecule has 1 fully saturated rings. The molecule has 6 nitrogen and oxygen atoms in total. The van der Waals surface area contributed by atoms with E-state index in [0.717, 1.165) is 5.56 Å². The topological polar surface area (TPSA) is 86.7 Å². The number of nitrogens with one attached hydrogen (secondary N) is 1. The van der Waals surface area contributed by atoms with Gasteiger partial charge in [0, 0.05) is 6.42 Å². The van der Waals surface area contributed by atoms with Crippen molar-refractivity contribution in [2.45, 2.75) is 12.5 Å². The summed E-state index contributed by atoms with van der Waals surface area (Å²) < 4.78 is 0. The molecule has 0 aromatic heterocycles. The number of carbonyl (C=O) groups is 3. The van der Waals surface area contributed by atoms with E-state index in [0.29, 0.717) is 11.6 Å². The van der Waals surface area contributed by atoms with Crippen LogP contribution in [0.2, 0.25) is 0 Å². The van der Waals surface area contributed by atoms with Gasteiger partial charge in [-0.15, -0.1) is 11.8 Å². The highest BCUT2D eigenvalue weighted by Crippen LogP contribution is 2.14. The molecule has 2 N–H and O–H groups in total. The number of aliphatic carboxylic acids is 1. The Bertz CT molecular complexity index is 535. The average molecular weight is 308 g/mol. The molecule has 1 saturated heterocycles. The van der Waals surface area contributed by atoms with Crippen LogP contribution < -0.4 is 5.32 Å². The van der Waals surface area contributed by atoms with Gasteiger partial charge in [0.2, 0.25) is 11.8 Å². The van der Waals surface area contributed by atoms with Gasteiger partial charge in [-0.05, 0) is 5.56 Å². The monoisotopic (exact) mass is 308 g/mol. The third-order valence-corrected chi connectivity index (χ3v) is 4.02. The van der Waals surface area contributed by atoms with Gasteiger partial charge in [0.25, 0.3) is 0 Å². The molecule has 0 unspecified atom stereocenters. The summed E-state index contributed by atoms with van der Waals surface area (Å²) in [5, 5.41) is 11.7. The Morgan fingerprint density at radius 3 is 2.62 bits per heavy atom. The molecule has 0 aliphatic carbocycles. The van der Waals surface area contributed by atoms with Gasteiger partial charge in [-0.2, -0.15) is 0 Å². The number of nitrogens with zero attached hydrogens (tertiary/aromatic N) is 1. The first-order valence-corrected chi connectivity index (χ1v) is 7.63. The summed E-state index contributed by atoms with van der Waals surface area (Å²) in [6.45, 7) is -0.0929. The highest BCUT2D eigenvalue weighted by Gasteiger charge is 2.25. The van der Waals surface area contributed by atoms with E-state index >= 15 is 0 Å². The first-order valence-electron chi connectivity index (χ1n) is 6.48. The molecule has 1 heterocycles. The molecule has 0 bridgehead atoms. The van der Waals surface area contributed by atoms with Gasteiger partial charge in [0.05, 0.1) is 11.6 Å². The van der Waals surface area contributed by atoms with Crippen LogP contribution in [0.4, 0.5) is 0 Å². The lowest BCUT2D eigenvalue weighted by molar-refractivity contribution is -0.142. The maximum Gasteiger partial charge on any atom is 0.326 e. The number of carbonyl (C=O) groups excluding carboxylic acids is 2. The van der Waals surface area contributed by atoms with Crippen molar-refractivity contribution in [1.29, 1.82) is 0 Å². The van der Waals surface area contributed by atoms with Gasteiger partial charge in [-0.25, -0.2) is 4.79 Å². The predicted molar refractivity (Wildman–Crippen MR) is 78.8 cm³/mol. The van der Waals surface area contributed by atoms with E-state index in [-0.39, 0.29) is 18.9 Å². The fraction of sp³-hybridized carbons (Fsp3) is 0.357. The molecule has 0 spiro atoms. The Hall–Kier alpha value is -2.02. The predicted octanol–water partition coefficient (Wildman–Crippen LogP) is 0.331. The zero-order chi connectivity index (χ0) is 15.2. The summed E-state index contributed by atoms with van der Waals surface area (Å²) >= 11 is 1.44. The van der Waals surface area contributed by atoms with Crippen LogP contribution in [0.3, 0.4) is 0 Å². The average Bonchev–Trinajstić information content (AvgIpc) is 2.84. The molecule has 2 amide bonds. The Morgan fingerprint density at radius 1 is 1.33 bits per heavy atom. The minimum absolute atomic E-state index is 0.0925. The first-order chi connectivity index (χ1) is 10.1. The van der Waals surface area contributed by atoms with Crippen molar-refractivity contribution in [3.05, 3.63) is 35.9 Å². The molecular formula is C14H16N2O4S. The Morgan fingerprint density at radius 2 is 2.05 bits per heavy atom. The number of benzene rings is 1. The smallest absolute Gasteiger partial charge is 0.326 e. The van der Waals surface area contributed by atoms with Crippen LogP contribution >= 0.6 is 11.8 Å². The van der Waals surface area contributed by atoms with Crippen molar-refractivity contribution in [1.82, 2.24) is 10.2 Å². The number of hydrogen-bond acceptors (Lipinski definition) is 4. The van der Waals surface area contributed by atoms with Crippen molar-refractivity contribution in [3.63, 3.8) is 0 Å². The molecule has 0 saturated carbocycles. The van der Waals surface area contributed by atoms with Crippen LogP contribution in [0.5, 0.6) is 0 Å². The molecule has 21 heavy (non-hydrogen) atoms. The van der Waals surface area contributed by atoms with E-state index in [1.165, 1.54) is 16.7 Å². The first kappa shape index (κ1) is 15.4. The zero-order valence-corrected chi connectivity index (χ0v) is 12.1. The molecule has 112 valence electrons. The number of carboxylic acids is 1. The van der Waals surface area contributed by atoms with Crippen LogP contribution in [0.25, 0.3) is 0 Å². The van der Waals surface area contributed by atoms with Crippen molar-refractivity contribution >= 4 is 29.5 Å². The van der Waals surface area contributed by atoms with Gasteiger partial charge in [0.15, 0.2) is 0 Å². The maximum absolute atomic E-state index is 11.9. The largest absolute Gasteiger partial charge is 0.480 e. The lowest BCUT2D eigenvalue weighted by Crippen LogP contribution is -2.47. The third-order valence-electron chi connectivity index (χ3n) is 3.08. The van der Waals surface area contributed by atoms with Crippen molar-refractivity contribution < 1.29 is 19.5 Å². The molecule has 1 aromatic carbocycles. The summed E-state index contributed by atoms with van der Waals surface area (Å²) in [7, 11) is 0. The van der Waals surface area contributed by atoms with Crippen LogP contribution in [-0.2, 0) is 20.8 Å². The normalized spacial score (nSPS) is 15.8. The lowest BCUT2D eigenvalue weighted by atomic mass is 10.1. The molecule has 1 aromatic rings. The third kappa shape index (κ3) is 4.49. The van der Waals surface area contributed by atoms with Gasteiger partial charge in [0.1, 0.15) is 12.6 Å². The number of amides is 2. The second-order valence-corrected chi connectivity index (χ2v) is 5.67. The summed E-state index contributed by atoms with van der Waals surface area (Å²) in [5.41, 5.74) is 0.831. The van der Waals surface area contributed by atoms with Crippen molar-refractivity contribution in [2.24, 2.45) is 0 Å². The van der Waals surface area contributed by atoms with E-state index in [1.54, 1.807) is 0 Å². The zero-order valence-electron chi connectivity index (χ0n) is 11.3. The molecule has 7 heteroatoms. The summed E-state index contributed by atoms with van der Waals surface area (Å²) in [6.07, 6.45) is 0.213. The fourth-order valence-electron chi connectivity index (χ4n) is 2.00. The van der Waals surface area contributed by atoms with E-state index in [2.05, 4.69) is 5.32 Å². The Labute approximate surface area is 126 Å². The van der Waals surface area contributed by atoms with E-state index in [1.807, 2.05) is 30.3 Å². The second kappa shape index (κ2) is 7.12. The molecule has 2 rings (SSSR count). The van der Waals surface area contributed by atoms with Crippen molar-refractivity contribution in [2.75, 3.05) is 18.2 Å². The number of thioether (sulfide) groups is 1. The number of hydrogen-bond donors (Lipinski definition) is 2. The van der Waals surface area contributed by atoms with Gasteiger partial charge in [-0.3, -0.25) is 9.59 Å². The van der Waals surface area contributed by atoms with Crippen molar-refractivity contribution in [3.8, 4) is 0 Å². The summed E-state index contributed by atoms with van der Waals surface area (Å²) in [6, 6.07) is 8.09. The highest BCUT2D eigenvalue weighted by atomic mass is 32.2. The van der Waals surface area contributed by atoms with Crippen LogP contribution in [0.15, 0.2) is 30.3 Å². The molecule has 1 aliphatic rings. The molecule has 1 aliphatic heterocycles. The van der Waals surface area contributed by atoms with Crippen LogP contribution in [0, 0.1) is 0 Å². The van der Waals surface area contributed by atoms with Gasteiger partial charge in [-0.1, -0.05) is 30.3 Å². The molecule has 1 atom stereocenters. The maximum atomic E-state index is 11.9. The van der Waals surface area contributed by atoms with Crippen LogP contribution in [0.1, 0.15) is 5.56 Å². The SMILES string of the molecule is O=C(CN1CSCC1=O)N[C@@H](Cc1ccccc1)C(=O)O. The van der Waals surface area contributed by atoms with E-state index in [9.17, 15) is 19.5 Å². The summed E-state index contributed by atoms with van der Waals surface area (Å²) in [4.78, 5) is 36.0. The minimum atomic E-state index is -1.09. The van der Waals surface area contributed by atoms with Crippen LogP contribution in [-0.4, -0.2) is 52.0 Å². The molecule has 0 radical (unpaired) electrons. The van der Waals surface area contributed by atoms with E-state index < -0.39 is 17.9 Å². The highest BCUT2D eigenvalue weighted by molar-refractivity contribution is 8.00.